The first-order chi connectivity index (χ1) is 14.2. The van der Waals surface area contributed by atoms with Crippen molar-refractivity contribution in [3.05, 3.63) is 42.4 Å². The lowest BCUT2D eigenvalue weighted by Crippen LogP contribution is -2.57. The van der Waals surface area contributed by atoms with E-state index in [1.54, 1.807) is 6.20 Å². The minimum absolute atomic E-state index is 0. The van der Waals surface area contributed by atoms with Crippen molar-refractivity contribution in [3.63, 3.8) is 0 Å². The molecule has 4 rings (SSSR count). The van der Waals surface area contributed by atoms with Gasteiger partial charge < -0.3 is 19.5 Å². The molecule has 2 aliphatic rings. The molecule has 0 spiro atoms. The molecule has 2 saturated heterocycles. The van der Waals surface area contributed by atoms with Gasteiger partial charge in [-0.1, -0.05) is 30.3 Å². The standard InChI is InChI=1S/C22H28N4O3.2ClH/c27-21(25-12-5-8-18(16-25)26-13-11-23-15-22(26)28)10-4-9-20-24-14-19(29-20)17-6-2-1-3-7-17;;/h1-3,6-7,14,18,23H,4-5,8-13,15-16H2;2*1H. The van der Waals surface area contributed by atoms with Crippen LogP contribution in [0.2, 0.25) is 0 Å². The minimum atomic E-state index is 0. The summed E-state index contributed by atoms with van der Waals surface area (Å²) in [7, 11) is 0. The van der Waals surface area contributed by atoms with Gasteiger partial charge in [-0.15, -0.1) is 24.8 Å². The summed E-state index contributed by atoms with van der Waals surface area (Å²) in [6, 6.07) is 10.0. The van der Waals surface area contributed by atoms with E-state index in [1.807, 2.05) is 40.1 Å². The Morgan fingerprint density at radius 2 is 2.00 bits per heavy atom. The molecule has 9 heteroatoms. The maximum atomic E-state index is 12.7. The topological polar surface area (TPSA) is 78.7 Å². The zero-order valence-corrected chi connectivity index (χ0v) is 19.1. The van der Waals surface area contributed by atoms with Crippen LogP contribution in [0, 0.1) is 0 Å². The average molecular weight is 469 g/mol. The van der Waals surface area contributed by atoms with Crippen LogP contribution in [-0.2, 0) is 16.0 Å². The molecule has 0 aliphatic carbocycles. The molecule has 170 valence electrons. The molecule has 0 bridgehead atoms. The van der Waals surface area contributed by atoms with E-state index >= 15 is 0 Å². The second-order valence-corrected chi connectivity index (χ2v) is 7.74. The van der Waals surface area contributed by atoms with E-state index in [-0.39, 0.29) is 42.7 Å². The molecule has 3 heterocycles. The van der Waals surface area contributed by atoms with Crippen molar-refractivity contribution in [1.82, 2.24) is 20.1 Å². The number of carbonyl (C=O) groups excluding carboxylic acids is 2. The van der Waals surface area contributed by atoms with E-state index in [0.29, 0.717) is 38.2 Å². The first kappa shape index (κ1) is 25.2. The largest absolute Gasteiger partial charge is 0.441 e. The lowest BCUT2D eigenvalue weighted by Gasteiger charge is -2.41. The molecule has 7 nitrogen and oxygen atoms in total. The van der Waals surface area contributed by atoms with Crippen LogP contribution in [-0.4, -0.2) is 65.4 Å². The van der Waals surface area contributed by atoms with E-state index in [1.165, 1.54) is 0 Å². The van der Waals surface area contributed by atoms with Crippen LogP contribution >= 0.6 is 24.8 Å². The Bertz CT molecular complexity index is 846. The van der Waals surface area contributed by atoms with E-state index in [0.717, 1.165) is 43.8 Å². The maximum absolute atomic E-state index is 12.7. The number of oxazole rings is 1. The minimum Gasteiger partial charge on any atom is -0.441 e. The molecule has 1 unspecified atom stereocenters. The van der Waals surface area contributed by atoms with E-state index in [4.69, 9.17) is 4.42 Å². The lowest BCUT2D eigenvalue weighted by atomic mass is 10.0. The van der Waals surface area contributed by atoms with Crippen LogP contribution in [0.3, 0.4) is 0 Å². The molecule has 2 fully saturated rings. The Morgan fingerprint density at radius 3 is 2.77 bits per heavy atom. The second-order valence-electron chi connectivity index (χ2n) is 7.74. The summed E-state index contributed by atoms with van der Waals surface area (Å²) >= 11 is 0. The number of benzene rings is 1. The Balaban J connectivity index is 0.00000171. The molecule has 1 aromatic heterocycles. The predicted octanol–water partition coefficient (Wildman–Crippen LogP) is 2.93. The van der Waals surface area contributed by atoms with Crippen molar-refractivity contribution >= 4 is 36.6 Å². The smallest absolute Gasteiger partial charge is 0.236 e. The SMILES string of the molecule is Cl.Cl.O=C(CCCc1ncc(-c2ccccc2)o1)N1CCCC(N2CCNCC2=O)C1. The van der Waals surface area contributed by atoms with Crippen molar-refractivity contribution in [2.45, 2.75) is 38.1 Å². The van der Waals surface area contributed by atoms with Gasteiger partial charge in [-0.2, -0.15) is 0 Å². The first-order valence-corrected chi connectivity index (χ1v) is 10.5. The molecule has 0 saturated carbocycles. The number of carbonyl (C=O) groups is 2. The monoisotopic (exact) mass is 468 g/mol. The van der Waals surface area contributed by atoms with Gasteiger partial charge in [0.05, 0.1) is 12.7 Å². The van der Waals surface area contributed by atoms with Crippen LogP contribution in [0.5, 0.6) is 0 Å². The summed E-state index contributed by atoms with van der Waals surface area (Å²) in [5.74, 6) is 1.73. The zero-order chi connectivity index (χ0) is 20.1. The van der Waals surface area contributed by atoms with Crippen molar-refractivity contribution in [3.8, 4) is 11.3 Å². The van der Waals surface area contributed by atoms with Crippen LogP contribution in [0.25, 0.3) is 11.3 Å². The van der Waals surface area contributed by atoms with Gasteiger partial charge in [0.2, 0.25) is 11.8 Å². The summed E-state index contributed by atoms with van der Waals surface area (Å²) in [6.07, 6.45) is 5.51. The number of piperidine rings is 1. The number of nitrogens with zero attached hydrogens (tertiary/aromatic N) is 3. The fraction of sp³-hybridized carbons (Fsp3) is 0.500. The van der Waals surface area contributed by atoms with E-state index < -0.39 is 0 Å². The van der Waals surface area contributed by atoms with Gasteiger partial charge in [-0.25, -0.2) is 4.98 Å². The fourth-order valence-electron chi connectivity index (χ4n) is 4.15. The number of halogens is 2. The highest BCUT2D eigenvalue weighted by Crippen LogP contribution is 2.21. The Kier molecular flexibility index (Phi) is 9.81. The van der Waals surface area contributed by atoms with Crippen LogP contribution in [0.4, 0.5) is 0 Å². The second kappa shape index (κ2) is 12.1. The van der Waals surface area contributed by atoms with Crippen molar-refractivity contribution in [2.24, 2.45) is 0 Å². The van der Waals surface area contributed by atoms with Crippen LogP contribution in [0.15, 0.2) is 40.9 Å². The summed E-state index contributed by atoms with van der Waals surface area (Å²) in [5, 5.41) is 3.11. The highest BCUT2D eigenvalue weighted by atomic mass is 35.5. The summed E-state index contributed by atoms with van der Waals surface area (Å²) in [5.41, 5.74) is 1.00. The Labute approximate surface area is 195 Å². The van der Waals surface area contributed by atoms with Crippen molar-refractivity contribution in [1.29, 1.82) is 0 Å². The number of nitrogens with one attached hydrogen (secondary N) is 1. The number of amides is 2. The van der Waals surface area contributed by atoms with Gasteiger partial charge >= 0.3 is 0 Å². The van der Waals surface area contributed by atoms with E-state index in [9.17, 15) is 9.59 Å². The molecule has 0 radical (unpaired) electrons. The predicted molar refractivity (Wildman–Crippen MR) is 124 cm³/mol. The molecule has 2 amide bonds. The molecule has 1 aromatic carbocycles. The van der Waals surface area contributed by atoms with Gasteiger partial charge in [0, 0.05) is 50.6 Å². The third-order valence-electron chi connectivity index (χ3n) is 5.71. The molecular weight excluding hydrogens is 439 g/mol. The number of hydrogen-bond acceptors (Lipinski definition) is 5. The zero-order valence-electron chi connectivity index (χ0n) is 17.5. The molecule has 2 aliphatic heterocycles. The van der Waals surface area contributed by atoms with E-state index in [2.05, 4.69) is 10.3 Å². The number of aryl methyl sites for hydroxylation is 1. The van der Waals surface area contributed by atoms with Gasteiger partial charge in [0.25, 0.3) is 0 Å². The van der Waals surface area contributed by atoms with Gasteiger partial charge in [-0.05, 0) is 19.3 Å². The molecule has 1 N–H and O–H groups in total. The Hall–Kier alpha value is -2.09. The third-order valence-corrected chi connectivity index (χ3v) is 5.71. The molecular formula is C22H30Cl2N4O3. The van der Waals surface area contributed by atoms with Gasteiger partial charge in [0.1, 0.15) is 0 Å². The number of likely N-dealkylation sites (tertiary alicyclic amines) is 1. The first-order valence-electron chi connectivity index (χ1n) is 10.5. The number of piperazine rings is 1. The maximum Gasteiger partial charge on any atom is 0.236 e. The number of aromatic nitrogens is 1. The molecule has 31 heavy (non-hydrogen) atoms. The third kappa shape index (κ3) is 6.45. The lowest BCUT2D eigenvalue weighted by molar-refractivity contribution is -0.140. The van der Waals surface area contributed by atoms with Gasteiger partial charge in [-0.3, -0.25) is 9.59 Å². The molecule has 1 atom stereocenters. The van der Waals surface area contributed by atoms with Crippen molar-refractivity contribution in [2.75, 3.05) is 32.7 Å². The molecule has 2 aromatic rings. The highest BCUT2D eigenvalue weighted by molar-refractivity contribution is 5.85. The fourth-order valence-corrected chi connectivity index (χ4v) is 4.15. The summed E-state index contributed by atoms with van der Waals surface area (Å²) in [4.78, 5) is 33.0. The number of hydrogen-bond donors (Lipinski definition) is 1. The highest BCUT2D eigenvalue weighted by Gasteiger charge is 2.31. The quantitative estimate of drug-likeness (QED) is 0.704. The number of rotatable bonds is 6. The van der Waals surface area contributed by atoms with Gasteiger partial charge in [0.15, 0.2) is 11.7 Å². The summed E-state index contributed by atoms with van der Waals surface area (Å²) < 4.78 is 5.82. The normalized spacial score (nSPS) is 18.8. The van der Waals surface area contributed by atoms with Crippen molar-refractivity contribution < 1.29 is 14.0 Å². The van der Waals surface area contributed by atoms with Crippen LogP contribution in [0.1, 0.15) is 31.6 Å². The average Bonchev–Trinajstić information content (AvgIpc) is 3.24. The Morgan fingerprint density at radius 1 is 1.19 bits per heavy atom. The summed E-state index contributed by atoms with van der Waals surface area (Å²) in [6.45, 7) is 3.41. The van der Waals surface area contributed by atoms with Crippen LogP contribution < -0.4 is 5.32 Å².